The van der Waals surface area contributed by atoms with E-state index in [0.717, 1.165) is 0 Å². The van der Waals surface area contributed by atoms with E-state index in [1.54, 1.807) is 0 Å². The topological polar surface area (TPSA) is 379 Å². The molecule has 0 radical (unpaired) electrons. The summed E-state index contributed by atoms with van der Waals surface area (Å²) in [6.45, 7) is -2.69. The molecule has 272 valence electrons. The van der Waals surface area contributed by atoms with Gasteiger partial charge in [-0.05, 0) is 0 Å². The summed E-state index contributed by atoms with van der Waals surface area (Å²) in [6.07, 6.45) is -31.1. The second-order valence-electron chi connectivity index (χ2n) is 11.1. The van der Waals surface area contributed by atoms with Crippen LogP contribution >= 0.6 is 0 Å². The Labute approximate surface area is 278 Å². The minimum Gasteiger partial charge on any atom is -0.394 e. The van der Waals surface area contributed by atoms with Crippen LogP contribution < -0.4 is 0 Å². The van der Waals surface area contributed by atoms with Gasteiger partial charge in [0.1, 0.15) is 97.7 Å². The van der Waals surface area contributed by atoms with E-state index in [0.29, 0.717) is 0 Å². The average molecular weight is 750 g/mol. The first kappa shape index (κ1) is 42.9. The third-order valence-corrected chi connectivity index (χ3v) is 7.96. The average Bonchev–Trinajstić information content (AvgIpc) is 3.05. The van der Waals surface area contributed by atoms with Crippen molar-refractivity contribution in [2.24, 2.45) is 0 Å². The van der Waals surface area contributed by atoms with Crippen LogP contribution in [0.5, 0.6) is 0 Å². The molecule has 0 bridgehead atoms. The van der Waals surface area contributed by atoms with Gasteiger partial charge in [0.05, 0.1) is 26.4 Å². The molecule has 4 heterocycles. The summed E-state index contributed by atoms with van der Waals surface area (Å²) >= 11 is 0. The maximum absolute atomic E-state index is 9.94. The molecule has 0 aromatic rings. The molecule has 4 aliphatic rings. The number of hydrogen-bond donors (Lipinski definition) is 16. The van der Waals surface area contributed by atoms with Crippen LogP contribution in [-0.2, 0) is 47.9 Å². The number of rotatable bonds is 8. The van der Waals surface area contributed by atoms with Gasteiger partial charge in [-0.2, -0.15) is 0 Å². The molecule has 0 aromatic heterocycles. The van der Waals surface area contributed by atoms with E-state index in [4.69, 9.17) is 38.6 Å². The standard InChI is InChI=1S/2C12H22O11.Zn/c2*13-1-3-5(15)6(16)9(19)12(22-3)23-10-4(2-14)21-11(20)8(18)7(10)17;/h2*3-20H,1-2H2;/q;;+2/t2*3-,4-,5-,6+,7-,8-,9?,10-,11-,12-;/m11./s1. The van der Waals surface area contributed by atoms with Gasteiger partial charge in [-0.25, -0.2) is 0 Å². The van der Waals surface area contributed by atoms with E-state index in [-0.39, 0.29) is 19.5 Å². The number of aliphatic hydroxyl groups is 16. The van der Waals surface area contributed by atoms with E-state index in [1.165, 1.54) is 0 Å². The van der Waals surface area contributed by atoms with Crippen molar-refractivity contribution in [3.05, 3.63) is 0 Å². The Hall–Kier alpha value is -0.257. The summed E-state index contributed by atoms with van der Waals surface area (Å²) < 4.78 is 30.5. The summed E-state index contributed by atoms with van der Waals surface area (Å²) in [5.74, 6) is 0. The third kappa shape index (κ3) is 9.55. The minimum atomic E-state index is -1.74. The Morgan fingerprint density at radius 2 is 0.638 bits per heavy atom. The Kier molecular flexibility index (Phi) is 17.2. The largest absolute Gasteiger partial charge is 2.00 e. The molecule has 20 atom stereocenters. The summed E-state index contributed by atoms with van der Waals surface area (Å²) in [6, 6.07) is 0. The zero-order valence-electron chi connectivity index (χ0n) is 24.7. The fourth-order valence-corrected chi connectivity index (χ4v) is 5.14. The Balaban J connectivity index is 0.000000320. The summed E-state index contributed by atoms with van der Waals surface area (Å²) in [5.41, 5.74) is 0. The molecule has 4 fully saturated rings. The molecule has 0 aliphatic carbocycles. The Bertz CT molecular complexity index is 833. The maximum atomic E-state index is 9.94. The van der Waals surface area contributed by atoms with Crippen molar-refractivity contribution in [3.8, 4) is 0 Å². The zero-order chi connectivity index (χ0) is 34.6. The second-order valence-corrected chi connectivity index (χ2v) is 11.1. The van der Waals surface area contributed by atoms with Gasteiger partial charge in [0.2, 0.25) is 0 Å². The van der Waals surface area contributed by atoms with Gasteiger partial charge >= 0.3 is 19.5 Å². The van der Waals surface area contributed by atoms with Crippen molar-refractivity contribution < 1.29 is 130 Å². The normalized spacial score (nSPS) is 50.6. The third-order valence-electron chi connectivity index (χ3n) is 7.96. The van der Waals surface area contributed by atoms with Gasteiger partial charge in [-0.3, -0.25) is 0 Å². The van der Waals surface area contributed by atoms with Gasteiger partial charge in [-0.15, -0.1) is 0 Å². The van der Waals surface area contributed by atoms with Gasteiger partial charge in [0, 0.05) is 0 Å². The van der Waals surface area contributed by atoms with Crippen molar-refractivity contribution in [1.29, 1.82) is 0 Å². The summed E-state index contributed by atoms with van der Waals surface area (Å²) in [4.78, 5) is 0. The number of hydrogen-bond acceptors (Lipinski definition) is 22. The molecular weight excluding hydrogens is 706 g/mol. The molecule has 47 heavy (non-hydrogen) atoms. The first-order chi connectivity index (χ1) is 21.6. The molecule has 0 saturated carbocycles. The molecule has 4 aliphatic heterocycles. The van der Waals surface area contributed by atoms with Gasteiger partial charge in [0.15, 0.2) is 25.2 Å². The summed E-state index contributed by atoms with van der Waals surface area (Å²) in [7, 11) is 0. The zero-order valence-corrected chi connectivity index (χ0v) is 27.7. The molecule has 0 spiro atoms. The fourth-order valence-electron chi connectivity index (χ4n) is 5.14. The molecule has 4 saturated heterocycles. The van der Waals surface area contributed by atoms with E-state index < -0.39 is 149 Å². The van der Waals surface area contributed by atoms with E-state index in [1.807, 2.05) is 0 Å². The predicted octanol–water partition coefficient (Wildman–Crippen LogP) is -10.8. The molecule has 0 aromatic carbocycles. The van der Waals surface area contributed by atoms with Crippen LogP contribution in [-0.4, -0.2) is 231 Å². The molecule has 0 amide bonds. The molecular formula is C24H44O22Zn+2. The first-order valence-electron chi connectivity index (χ1n) is 14.2. The molecule has 23 heteroatoms. The van der Waals surface area contributed by atoms with Crippen molar-refractivity contribution in [2.75, 3.05) is 26.4 Å². The fraction of sp³-hybridized carbons (Fsp3) is 1.00. The van der Waals surface area contributed by atoms with Crippen LogP contribution in [0.25, 0.3) is 0 Å². The van der Waals surface area contributed by atoms with Crippen LogP contribution in [0, 0.1) is 0 Å². The first-order valence-corrected chi connectivity index (χ1v) is 14.2. The smallest absolute Gasteiger partial charge is 0.394 e. The van der Waals surface area contributed by atoms with Gasteiger partial charge in [-0.1, -0.05) is 0 Å². The second kappa shape index (κ2) is 18.8. The minimum absolute atomic E-state index is 0. The van der Waals surface area contributed by atoms with Gasteiger partial charge < -0.3 is 110 Å². The van der Waals surface area contributed by atoms with Crippen LogP contribution in [0.2, 0.25) is 0 Å². The molecule has 2 unspecified atom stereocenters. The van der Waals surface area contributed by atoms with Crippen molar-refractivity contribution >= 4 is 0 Å². The number of ether oxygens (including phenoxy) is 6. The van der Waals surface area contributed by atoms with E-state index >= 15 is 0 Å². The van der Waals surface area contributed by atoms with Crippen molar-refractivity contribution in [3.63, 3.8) is 0 Å². The SMILES string of the molecule is OC[C@H]1O[C@H](O[C@H]2[C@H](O)[C@@H](O)[C@H](O)O[C@@H]2CO)C(O)[C@@H](O)[C@@H]1O.OC[C@H]1O[C@H](O[C@H]2[C@H](O)[C@@H](O)[C@H](O)O[C@@H]2CO)C(O)[C@@H](O)[C@@H]1O.[Zn+2]. The molecule has 4 rings (SSSR count). The Morgan fingerprint density at radius 3 is 0.915 bits per heavy atom. The summed E-state index contributed by atoms with van der Waals surface area (Å²) in [5, 5.41) is 153. The monoisotopic (exact) mass is 748 g/mol. The number of aliphatic hydroxyl groups excluding tert-OH is 16. The van der Waals surface area contributed by atoms with Crippen LogP contribution in [0.1, 0.15) is 0 Å². The van der Waals surface area contributed by atoms with Crippen LogP contribution in [0.3, 0.4) is 0 Å². The van der Waals surface area contributed by atoms with Crippen LogP contribution in [0.4, 0.5) is 0 Å². The van der Waals surface area contributed by atoms with E-state index in [9.17, 15) is 71.5 Å². The molecule has 16 N–H and O–H groups in total. The quantitative estimate of drug-likeness (QED) is 0.102. The Morgan fingerprint density at radius 1 is 0.340 bits per heavy atom. The van der Waals surface area contributed by atoms with Gasteiger partial charge in [0.25, 0.3) is 0 Å². The van der Waals surface area contributed by atoms with Crippen molar-refractivity contribution in [2.45, 2.75) is 123 Å². The molecule has 22 nitrogen and oxygen atoms in total. The maximum Gasteiger partial charge on any atom is 2.00 e. The van der Waals surface area contributed by atoms with Crippen molar-refractivity contribution in [1.82, 2.24) is 0 Å². The predicted molar refractivity (Wildman–Crippen MR) is 137 cm³/mol. The van der Waals surface area contributed by atoms with Crippen LogP contribution in [0.15, 0.2) is 0 Å². The van der Waals surface area contributed by atoms with E-state index in [2.05, 4.69) is 0 Å².